The maximum absolute atomic E-state index is 11.9. The van der Waals surface area contributed by atoms with Gasteiger partial charge in [0.2, 0.25) is 22.6 Å². The molecule has 1 aromatic carbocycles. The van der Waals surface area contributed by atoms with Crippen molar-refractivity contribution in [3.05, 3.63) is 11.1 Å². The Kier molecular flexibility index (Phi) is 3.03. The molecule has 110 valence electrons. The largest absolute Gasteiger partial charge is 0.492 e. The highest BCUT2D eigenvalue weighted by molar-refractivity contribution is 7.89. The van der Waals surface area contributed by atoms with Crippen molar-refractivity contribution < 1.29 is 22.6 Å². The van der Waals surface area contributed by atoms with Crippen molar-refractivity contribution in [2.75, 3.05) is 27.5 Å². The van der Waals surface area contributed by atoms with Gasteiger partial charge < -0.3 is 19.1 Å². The van der Waals surface area contributed by atoms with Crippen molar-refractivity contribution in [2.45, 2.75) is 17.9 Å². The Morgan fingerprint density at radius 2 is 1.95 bits per heavy atom. The van der Waals surface area contributed by atoms with E-state index in [4.69, 9.17) is 19.3 Å². The zero-order chi connectivity index (χ0) is 14.5. The van der Waals surface area contributed by atoms with Gasteiger partial charge in [0, 0.05) is 18.7 Å². The minimum Gasteiger partial charge on any atom is -0.492 e. The molecule has 0 aliphatic carbocycles. The smallest absolute Gasteiger partial charge is 0.242 e. The summed E-state index contributed by atoms with van der Waals surface area (Å²) < 4.78 is 40.0. The zero-order valence-corrected chi connectivity index (χ0v) is 12.1. The molecule has 2 aliphatic heterocycles. The van der Waals surface area contributed by atoms with Crippen molar-refractivity contribution in [1.29, 1.82) is 0 Å². The van der Waals surface area contributed by atoms with Crippen LogP contribution in [0.25, 0.3) is 0 Å². The second-order valence-electron chi connectivity index (χ2n) is 4.92. The summed E-state index contributed by atoms with van der Waals surface area (Å²) in [5.41, 5.74) is 1.47. The maximum Gasteiger partial charge on any atom is 0.242 e. The van der Waals surface area contributed by atoms with Crippen LogP contribution in [-0.4, -0.2) is 40.8 Å². The lowest BCUT2D eigenvalue weighted by atomic mass is 9.97. The van der Waals surface area contributed by atoms with Gasteiger partial charge in [-0.2, -0.15) is 0 Å². The molecule has 20 heavy (non-hydrogen) atoms. The molecular weight excluding hydrogens is 284 g/mol. The Morgan fingerprint density at radius 1 is 1.25 bits per heavy atom. The standard InChI is InChI=1S/C12H16N2O5S/c1-14-4-3-7-8(5-14)9(17-2)10-11(19-6-18-10)12(7)20(13,15)16/h3-6H2,1-2H3,(H2,13,15,16). The molecule has 0 aromatic heterocycles. The summed E-state index contributed by atoms with van der Waals surface area (Å²) in [6.07, 6.45) is 0.574. The second-order valence-corrected chi connectivity index (χ2v) is 6.42. The monoisotopic (exact) mass is 300 g/mol. The fourth-order valence-electron chi connectivity index (χ4n) is 2.76. The molecule has 0 saturated heterocycles. The van der Waals surface area contributed by atoms with Gasteiger partial charge in [0.25, 0.3) is 0 Å². The molecular formula is C12H16N2O5S. The number of benzene rings is 1. The molecule has 0 fully saturated rings. The van der Waals surface area contributed by atoms with Crippen LogP contribution in [0, 0.1) is 0 Å². The Bertz CT molecular complexity index is 671. The Hall–Kier alpha value is -1.51. The number of hydrogen-bond donors (Lipinski definition) is 1. The number of primary sulfonamides is 1. The number of methoxy groups -OCH3 is 1. The highest BCUT2D eigenvalue weighted by atomic mass is 32.2. The van der Waals surface area contributed by atoms with Crippen molar-refractivity contribution >= 4 is 10.0 Å². The van der Waals surface area contributed by atoms with E-state index in [9.17, 15) is 8.42 Å². The van der Waals surface area contributed by atoms with Gasteiger partial charge in [0.15, 0.2) is 11.5 Å². The minimum atomic E-state index is -3.89. The molecule has 0 unspecified atom stereocenters. The predicted molar refractivity (Wildman–Crippen MR) is 70.5 cm³/mol. The van der Waals surface area contributed by atoms with E-state index in [2.05, 4.69) is 4.90 Å². The number of nitrogens with two attached hydrogens (primary N) is 1. The third kappa shape index (κ3) is 1.91. The van der Waals surface area contributed by atoms with E-state index in [1.165, 1.54) is 7.11 Å². The van der Waals surface area contributed by atoms with Gasteiger partial charge >= 0.3 is 0 Å². The second kappa shape index (κ2) is 4.51. The zero-order valence-electron chi connectivity index (χ0n) is 11.3. The normalized spacial score (nSPS) is 17.9. The quantitative estimate of drug-likeness (QED) is 0.830. The third-order valence-electron chi connectivity index (χ3n) is 3.60. The molecule has 2 aliphatic rings. The number of rotatable bonds is 2. The number of likely N-dealkylation sites (N-methyl/N-ethyl adjacent to an activating group) is 1. The number of sulfonamides is 1. The van der Waals surface area contributed by atoms with Crippen LogP contribution in [0.2, 0.25) is 0 Å². The minimum absolute atomic E-state index is 0.0348. The van der Waals surface area contributed by atoms with E-state index in [1.807, 2.05) is 7.05 Å². The molecule has 2 N–H and O–H groups in total. The number of fused-ring (bicyclic) bond motifs is 2. The molecule has 1 aromatic rings. The van der Waals surface area contributed by atoms with Crippen LogP contribution in [-0.2, 0) is 23.0 Å². The molecule has 0 saturated carbocycles. The molecule has 0 amide bonds. The SMILES string of the molecule is COc1c2c(c(S(N)(=O)=O)c3c1OCO3)CCN(C)C2. The van der Waals surface area contributed by atoms with Crippen LogP contribution in [0.4, 0.5) is 0 Å². The van der Waals surface area contributed by atoms with E-state index in [-0.39, 0.29) is 17.4 Å². The Labute approximate surface area is 117 Å². The average molecular weight is 300 g/mol. The summed E-state index contributed by atoms with van der Waals surface area (Å²) in [5, 5.41) is 5.36. The molecule has 0 bridgehead atoms. The van der Waals surface area contributed by atoms with Gasteiger partial charge in [0.05, 0.1) is 7.11 Å². The number of hydrogen-bond acceptors (Lipinski definition) is 6. The van der Waals surface area contributed by atoms with Gasteiger partial charge in [-0.3, -0.25) is 0 Å². The first-order valence-electron chi connectivity index (χ1n) is 6.16. The van der Waals surface area contributed by atoms with Crippen LogP contribution in [0.1, 0.15) is 11.1 Å². The summed E-state index contributed by atoms with van der Waals surface area (Å²) in [7, 11) is -0.399. The van der Waals surface area contributed by atoms with Gasteiger partial charge in [0.1, 0.15) is 4.90 Å². The van der Waals surface area contributed by atoms with Gasteiger partial charge in [-0.25, -0.2) is 13.6 Å². The first kappa shape index (κ1) is 13.5. The fraction of sp³-hybridized carbons (Fsp3) is 0.500. The van der Waals surface area contributed by atoms with E-state index in [1.54, 1.807) is 0 Å². The predicted octanol–water partition coefficient (Wildman–Crippen LogP) is 0.0592. The van der Waals surface area contributed by atoms with Crippen LogP contribution in [0.5, 0.6) is 17.2 Å². The summed E-state index contributed by atoms with van der Waals surface area (Å²) in [6, 6.07) is 0. The van der Waals surface area contributed by atoms with E-state index in [0.29, 0.717) is 30.0 Å². The third-order valence-corrected chi connectivity index (χ3v) is 4.60. The molecule has 2 heterocycles. The van der Waals surface area contributed by atoms with Crippen molar-refractivity contribution in [3.63, 3.8) is 0 Å². The van der Waals surface area contributed by atoms with Crippen LogP contribution in [0.15, 0.2) is 4.90 Å². The molecule has 8 heteroatoms. The van der Waals surface area contributed by atoms with Crippen molar-refractivity contribution in [1.82, 2.24) is 4.90 Å². The first-order valence-corrected chi connectivity index (χ1v) is 7.70. The first-order chi connectivity index (χ1) is 9.43. The van der Waals surface area contributed by atoms with Crippen LogP contribution >= 0.6 is 0 Å². The Balaban J connectivity index is 2.37. The molecule has 3 rings (SSSR count). The van der Waals surface area contributed by atoms with Crippen molar-refractivity contribution in [3.8, 4) is 17.2 Å². The lowest BCUT2D eigenvalue weighted by Gasteiger charge is -2.28. The Morgan fingerprint density at radius 3 is 2.60 bits per heavy atom. The lowest BCUT2D eigenvalue weighted by molar-refractivity contribution is 0.169. The molecule has 7 nitrogen and oxygen atoms in total. The maximum atomic E-state index is 11.9. The van der Waals surface area contributed by atoms with E-state index >= 15 is 0 Å². The van der Waals surface area contributed by atoms with E-state index < -0.39 is 10.0 Å². The lowest BCUT2D eigenvalue weighted by Crippen LogP contribution is -2.29. The van der Waals surface area contributed by atoms with Crippen LogP contribution in [0.3, 0.4) is 0 Å². The fourth-order valence-corrected chi connectivity index (χ4v) is 3.74. The average Bonchev–Trinajstić information content (AvgIpc) is 2.82. The molecule has 0 atom stereocenters. The highest BCUT2D eigenvalue weighted by Gasteiger charge is 2.36. The van der Waals surface area contributed by atoms with Gasteiger partial charge in [-0.15, -0.1) is 0 Å². The molecule has 0 radical (unpaired) electrons. The topological polar surface area (TPSA) is 91.1 Å². The number of nitrogens with zero attached hydrogens (tertiary/aromatic N) is 1. The summed E-state index contributed by atoms with van der Waals surface area (Å²) in [5.74, 6) is 1.03. The summed E-state index contributed by atoms with van der Waals surface area (Å²) in [4.78, 5) is 2.12. The van der Waals surface area contributed by atoms with Gasteiger partial charge in [-0.1, -0.05) is 0 Å². The summed E-state index contributed by atoms with van der Waals surface area (Å²) >= 11 is 0. The van der Waals surface area contributed by atoms with Crippen LogP contribution < -0.4 is 19.3 Å². The number of ether oxygens (including phenoxy) is 3. The van der Waals surface area contributed by atoms with Crippen molar-refractivity contribution in [2.24, 2.45) is 5.14 Å². The highest BCUT2D eigenvalue weighted by Crippen LogP contribution is 2.50. The molecule has 0 spiro atoms. The summed E-state index contributed by atoms with van der Waals surface area (Å²) in [6.45, 7) is 1.29. The van der Waals surface area contributed by atoms with E-state index in [0.717, 1.165) is 12.1 Å². The van der Waals surface area contributed by atoms with Gasteiger partial charge in [-0.05, 0) is 19.0 Å².